The summed E-state index contributed by atoms with van der Waals surface area (Å²) >= 11 is 0. The van der Waals surface area contributed by atoms with E-state index >= 15 is 0 Å². The van der Waals surface area contributed by atoms with Crippen LogP contribution in [0.1, 0.15) is 31.7 Å². The van der Waals surface area contributed by atoms with Gasteiger partial charge in [0.1, 0.15) is 5.82 Å². The lowest BCUT2D eigenvalue weighted by Gasteiger charge is -2.14. The van der Waals surface area contributed by atoms with E-state index in [0.29, 0.717) is 5.92 Å². The number of hydrogen-bond acceptors (Lipinski definition) is 1. The van der Waals surface area contributed by atoms with Crippen LogP contribution in [0.4, 0.5) is 4.39 Å². The standard InChI is InChI=1S/C12H17FO/c1-3-10(9-14-4-2)11-5-7-12(13)8-6-11/h5-8,10H,3-4,9H2,1-2H3. The maximum atomic E-state index is 12.7. The van der Waals surface area contributed by atoms with Gasteiger partial charge in [-0.05, 0) is 31.0 Å². The van der Waals surface area contributed by atoms with E-state index in [1.54, 1.807) is 0 Å². The van der Waals surface area contributed by atoms with Crippen molar-refractivity contribution >= 4 is 0 Å². The Hall–Kier alpha value is -0.890. The molecule has 1 atom stereocenters. The van der Waals surface area contributed by atoms with E-state index in [-0.39, 0.29) is 5.82 Å². The molecule has 1 unspecified atom stereocenters. The molecule has 14 heavy (non-hydrogen) atoms. The Bertz CT molecular complexity index is 256. The van der Waals surface area contributed by atoms with E-state index in [2.05, 4.69) is 6.92 Å². The number of rotatable bonds is 5. The van der Waals surface area contributed by atoms with Crippen LogP contribution in [0.2, 0.25) is 0 Å². The lowest BCUT2D eigenvalue weighted by molar-refractivity contribution is 0.131. The van der Waals surface area contributed by atoms with Crippen LogP contribution in [-0.4, -0.2) is 13.2 Å². The van der Waals surface area contributed by atoms with Gasteiger partial charge < -0.3 is 4.74 Å². The third-order valence-electron chi connectivity index (χ3n) is 2.36. The minimum Gasteiger partial charge on any atom is -0.381 e. The molecule has 78 valence electrons. The van der Waals surface area contributed by atoms with E-state index in [1.807, 2.05) is 19.1 Å². The molecule has 0 saturated heterocycles. The first kappa shape index (κ1) is 11.2. The largest absolute Gasteiger partial charge is 0.381 e. The highest BCUT2D eigenvalue weighted by atomic mass is 19.1. The Morgan fingerprint density at radius 1 is 1.21 bits per heavy atom. The van der Waals surface area contributed by atoms with Crippen LogP contribution in [0, 0.1) is 5.82 Å². The highest BCUT2D eigenvalue weighted by Gasteiger charge is 2.08. The molecule has 0 saturated carbocycles. The highest BCUT2D eigenvalue weighted by Crippen LogP contribution is 2.19. The van der Waals surface area contributed by atoms with Crippen LogP contribution in [0.25, 0.3) is 0 Å². The van der Waals surface area contributed by atoms with Gasteiger partial charge in [-0.25, -0.2) is 4.39 Å². The molecule has 0 aromatic heterocycles. The normalized spacial score (nSPS) is 12.8. The summed E-state index contributed by atoms with van der Waals surface area (Å²) in [6.45, 7) is 5.56. The first-order chi connectivity index (χ1) is 6.77. The summed E-state index contributed by atoms with van der Waals surface area (Å²) in [5.41, 5.74) is 1.15. The van der Waals surface area contributed by atoms with Crippen molar-refractivity contribution in [3.8, 4) is 0 Å². The number of hydrogen-bond donors (Lipinski definition) is 0. The molecule has 2 heteroatoms. The van der Waals surface area contributed by atoms with Gasteiger partial charge in [-0.2, -0.15) is 0 Å². The molecular weight excluding hydrogens is 179 g/mol. The average Bonchev–Trinajstić information content (AvgIpc) is 2.21. The van der Waals surface area contributed by atoms with Crippen LogP contribution < -0.4 is 0 Å². The average molecular weight is 196 g/mol. The molecule has 0 heterocycles. The fourth-order valence-corrected chi connectivity index (χ4v) is 1.44. The molecule has 0 spiro atoms. The smallest absolute Gasteiger partial charge is 0.123 e. The van der Waals surface area contributed by atoms with Crippen LogP contribution in [0.5, 0.6) is 0 Å². The molecule has 0 radical (unpaired) electrons. The van der Waals surface area contributed by atoms with Crippen molar-refractivity contribution in [2.24, 2.45) is 0 Å². The Kier molecular flexibility index (Phi) is 4.60. The third-order valence-corrected chi connectivity index (χ3v) is 2.36. The van der Waals surface area contributed by atoms with E-state index in [4.69, 9.17) is 4.74 Å². The Morgan fingerprint density at radius 2 is 1.86 bits per heavy atom. The molecule has 1 aromatic rings. The van der Waals surface area contributed by atoms with Gasteiger partial charge in [-0.1, -0.05) is 19.1 Å². The predicted octanol–water partition coefficient (Wildman–Crippen LogP) is 3.36. The lowest BCUT2D eigenvalue weighted by Crippen LogP contribution is -2.06. The fourth-order valence-electron chi connectivity index (χ4n) is 1.44. The van der Waals surface area contributed by atoms with Crippen LogP contribution in [0.3, 0.4) is 0 Å². The summed E-state index contributed by atoms with van der Waals surface area (Å²) < 4.78 is 18.1. The summed E-state index contributed by atoms with van der Waals surface area (Å²) in [5.74, 6) is 0.204. The monoisotopic (exact) mass is 196 g/mol. The number of benzene rings is 1. The molecule has 1 rings (SSSR count). The SMILES string of the molecule is CCOCC(CC)c1ccc(F)cc1. The quantitative estimate of drug-likeness (QED) is 0.701. The van der Waals surface area contributed by atoms with Gasteiger partial charge in [0.05, 0.1) is 6.61 Å². The molecule has 0 amide bonds. The predicted molar refractivity (Wildman–Crippen MR) is 55.9 cm³/mol. The summed E-state index contributed by atoms with van der Waals surface area (Å²) in [5, 5.41) is 0. The van der Waals surface area contributed by atoms with Gasteiger partial charge in [-0.3, -0.25) is 0 Å². The molecule has 1 aromatic carbocycles. The van der Waals surface area contributed by atoms with E-state index in [0.717, 1.165) is 25.2 Å². The zero-order valence-electron chi connectivity index (χ0n) is 8.79. The summed E-state index contributed by atoms with van der Waals surface area (Å²) in [6, 6.07) is 6.68. The molecule has 0 bridgehead atoms. The second kappa shape index (κ2) is 5.76. The number of halogens is 1. The van der Waals surface area contributed by atoms with Gasteiger partial charge in [0.2, 0.25) is 0 Å². The molecule has 1 nitrogen and oxygen atoms in total. The van der Waals surface area contributed by atoms with Gasteiger partial charge >= 0.3 is 0 Å². The fraction of sp³-hybridized carbons (Fsp3) is 0.500. The van der Waals surface area contributed by atoms with Crippen molar-refractivity contribution in [1.29, 1.82) is 0 Å². The van der Waals surface area contributed by atoms with Crippen molar-refractivity contribution in [3.05, 3.63) is 35.6 Å². The van der Waals surface area contributed by atoms with Crippen molar-refractivity contribution in [2.45, 2.75) is 26.2 Å². The topological polar surface area (TPSA) is 9.23 Å². The van der Waals surface area contributed by atoms with Crippen molar-refractivity contribution < 1.29 is 9.13 Å². The Balaban J connectivity index is 2.64. The first-order valence-electron chi connectivity index (χ1n) is 5.11. The zero-order valence-corrected chi connectivity index (χ0v) is 8.79. The Labute approximate surface area is 84.9 Å². The molecule has 0 aliphatic rings. The van der Waals surface area contributed by atoms with Crippen LogP contribution in [-0.2, 0) is 4.74 Å². The van der Waals surface area contributed by atoms with Crippen LogP contribution in [0.15, 0.2) is 24.3 Å². The second-order valence-corrected chi connectivity index (χ2v) is 3.32. The number of ether oxygens (including phenoxy) is 1. The first-order valence-corrected chi connectivity index (χ1v) is 5.11. The minimum atomic E-state index is -0.181. The van der Waals surface area contributed by atoms with E-state index < -0.39 is 0 Å². The van der Waals surface area contributed by atoms with Gasteiger partial charge in [-0.15, -0.1) is 0 Å². The van der Waals surface area contributed by atoms with Crippen LogP contribution >= 0.6 is 0 Å². The van der Waals surface area contributed by atoms with Gasteiger partial charge in [0.15, 0.2) is 0 Å². The van der Waals surface area contributed by atoms with Crippen molar-refractivity contribution in [1.82, 2.24) is 0 Å². The molecular formula is C12H17FO. The molecule has 0 aliphatic heterocycles. The van der Waals surface area contributed by atoms with Gasteiger partial charge in [0, 0.05) is 12.5 Å². The molecule has 0 aliphatic carbocycles. The second-order valence-electron chi connectivity index (χ2n) is 3.32. The lowest BCUT2D eigenvalue weighted by atomic mass is 9.97. The van der Waals surface area contributed by atoms with E-state index in [9.17, 15) is 4.39 Å². The maximum Gasteiger partial charge on any atom is 0.123 e. The summed E-state index contributed by atoms with van der Waals surface area (Å²) in [7, 11) is 0. The van der Waals surface area contributed by atoms with Crippen molar-refractivity contribution in [2.75, 3.05) is 13.2 Å². The highest BCUT2D eigenvalue weighted by molar-refractivity contribution is 5.20. The summed E-state index contributed by atoms with van der Waals surface area (Å²) in [4.78, 5) is 0. The van der Waals surface area contributed by atoms with Crippen molar-refractivity contribution in [3.63, 3.8) is 0 Å². The molecule has 0 N–H and O–H groups in total. The van der Waals surface area contributed by atoms with E-state index in [1.165, 1.54) is 12.1 Å². The minimum absolute atomic E-state index is 0.181. The van der Waals surface area contributed by atoms with Gasteiger partial charge in [0.25, 0.3) is 0 Å². The zero-order chi connectivity index (χ0) is 10.4. The maximum absolute atomic E-state index is 12.7. The third kappa shape index (κ3) is 3.11. The Morgan fingerprint density at radius 3 is 2.36 bits per heavy atom. The summed E-state index contributed by atoms with van der Waals surface area (Å²) in [6.07, 6.45) is 1.02. The molecule has 0 fully saturated rings.